The number of hydrogen-bond donors (Lipinski definition) is 0. The standard InChI is InChI=1S/C8H18O3S.C2H4O2.2Na/c1-2-3-4-5-6-7-8-12(9,10)11;1-2(3)4;;/h2-8H2,1H3,(H,9,10,11);1H3,(H,3,4);;/q;;2*+1/p-2. The van der Waals surface area contributed by atoms with Gasteiger partial charge in [0, 0.05) is 11.7 Å². The number of carbonyl (C=O) groups is 1. The van der Waals surface area contributed by atoms with E-state index in [1.54, 1.807) is 0 Å². The molecule has 0 aliphatic heterocycles. The van der Waals surface area contributed by atoms with Gasteiger partial charge in [0.1, 0.15) is 0 Å². The maximum absolute atomic E-state index is 10.2. The second kappa shape index (κ2) is 18.4. The van der Waals surface area contributed by atoms with Gasteiger partial charge in [-0.25, -0.2) is 8.42 Å². The Hall–Kier alpha value is 1.38. The summed E-state index contributed by atoms with van der Waals surface area (Å²) in [5.74, 6) is -1.28. The molecule has 8 heteroatoms. The molecule has 0 radical (unpaired) electrons. The Morgan fingerprint density at radius 2 is 1.33 bits per heavy atom. The second-order valence-corrected chi connectivity index (χ2v) is 5.04. The van der Waals surface area contributed by atoms with Gasteiger partial charge in [-0.05, 0) is 13.3 Å². The molecule has 5 nitrogen and oxygen atoms in total. The topological polar surface area (TPSA) is 97.3 Å². The number of carboxylic acids is 1. The largest absolute Gasteiger partial charge is 1.00 e. The molecule has 0 fully saturated rings. The van der Waals surface area contributed by atoms with Gasteiger partial charge < -0.3 is 14.5 Å². The molecule has 18 heavy (non-hydrogen) atoms. The summed E-state index contributed by atoms with van der Waals surface area (Å²) in [6.07, 6.45) is 5.96. The molecule has 0 saturated carbocycles. The average molecular weight is 298 g/mol. The molecule has 0 aliphatic carbocycles. The predicted octanol–water partition coefficient (Wildman–Crippen LogP) is -5.34. The predicted molar refractivity (Wildman–Crippen MR) is 58.6 cm³/mol. The summed E-state index contributed by atoms with van der Waals surface area (Å²) in [7, 11) is -3.97. The maximum atomic E-state index is 10.2. The molecule has 0 aromatic heterocycles. The van der Waals surface area contributed by atoms with Crippen molar-refractivity contribution in [2.45, 2.75) is 52.4 Å². The number of hydrogen-bond acceptors (Lipinski definition) is 5. The molecule has 98 valence electrons. The summed E-state index contributed by atoms with van der Waals surface area (Å²) in [6, 6.07) is 0. The fraction of sp³-hybridized carbons (Fsp3) is 0.900. The molecule has 0 aromatic carbocycles. The van der Waals surface area contributed by atoms with E-state index in [2.05, 4.69) is 6.92 Å². The van der Waals surface area contributed by atoms with Gasteiger partial charge in [-0.1, -0.05) is 39.0 Å². The van der Waals surface area contributed by atoms with Crippen molar-refractivity contribution >= 4 is 16.1 Å². The maximum Gasteiger partial charge on any atom is 1.00 e. The summed E-state index contributed by atoms with van der Waals surface area (Å²) in [6.45, 7) is 3.10. The Balaban J connectivity index is -0.000000143. The zero-order valence-corrected chi connectivity index (χ0v) is 16.7. The van der Waals surface area contributed by atoms with Crippen LogP contribution >= 0.6 is 0 Å². The van der Waals surface area contributed by atoms with E-state index in [1.165, 1.54) is 12.8 Å². The minimum Gasteiger partial charge on any atom is -0.748 e. The molecule has 0 N–H and O–H groups in total. The van der Waals surface area contributed by atoms with Crippen molar-refractivity contribution in [3.05, 3.63) is 0 Å². The van der Waals surface area contributed by atoms with Crippen molar-refractivity contribution in [2.75, 3.05) is 5.75 Å². The Morgan fingerprint density at radius 3 is 1.67 bits per heavy atom. The molecule has 0 heterocycles. The molecule has 0 atom stereocenters. The van der Waals surface area contributed by atoms with E-state index in [-0.39, 0.29) is 64.9 Å². The van der Waals surface area contributed by atoms with Gasteiger partial charge >= 0.3 is 59.1 Å². The molecule has 0 spiro atoms. The van der Waals surface area contributed by atoms with Crippen LogP contribution in [0, 0.1) is 0 Å². The first-order valence-corrected chi connectivity index (χ1v) is 6.98. The summed E-state index contributed by atoms with van der Waals surface area (Å²) in [4.78, 5) is 8.89. The fourth-order valence-corrected chi connectivity index (χ4v) is 1.62. The first kappa shape index (κ1) is 27.7. The number of carboxylic acid groups (broad SMARTS) is 1. The first-order chi connectivity index (χ1) is 7.29. The third-order valence-electron chi connectivity index (χ3n) is 1.75. The zero-order chi connectivity index (χ0) is 13.0. The Bertz CT molecular complexity index is 263. The van der Waals surface area contributed by atoms with Gasteiger partial charge in [-0.15, -0.1) is 0 Å². The van der Waals surface area contributed by atoms with E-state index >= 15 is 0 Å². The zero-order valence-electron chi connectivity index (χ0n) is 11.9. The summed E-state index contributed by atoms with van der Waals surface area (Å²) < 4.78 is 30.5. The second-order valence-electron chi connectivity index (χ2n) is 3.52. The molecule has 0 aliphatic rings. The van der Waals surface area contributed by atoms with Crippen molar-refractivity contribution in [1.29, 1.82) is 0 Å². The number of aliphatic carboxylic acids is 1. The first-order valence-electron chi connectivity index (χ1n) is 5.40. The fourth-order valence-electron chi connectivity index (χ4n) is 1.06. The molecule has 0 unspecified atom stereocenters. The minimum absolute atomic E-state index is 0. The van der Waals surface area contributed by atoms with Crippen LogP contribution in [0.3, 0.4) is 0 Å². The summed E-state index contributed by atoms with van der Waals surface area (Å²) in [5, 5.41) is 8.89. The minimum atomic E-state index is -3.97. The Kier molecular flexibility index (Phi) is 28.3. The molecular formula is C10H20Na2O5S. The number of rotatable bonds is 7. The third-order valence-corrected chi connectivity index (χ3v) is 2.54. The van der Waals surface area contributed by atoms with Crippen LogP contribution in [0.2, 0.25) is 0 Å². The van der Waals surface area contributed by atoms with Crippen LogP contribution in [-0.2, 0) is 14.9 Å². The SMILES string of the molecule is CC(=O)[O-].CCCCCCCCS(=O)(=O)[O-].[Na+].[Na+]. The van der Waals surface area contributed by atoms with Crippen LogP contribution in [0.4, 0.5) is 0 Å². The monoisotopic (exact) mass is 298 g/mol. The van der Waals surface area contributed by atoms with Crippen molar-refractivity contribution < 1.29 is 82.0 Å². The molecule has 0 aromatic rings. The van der Waals surface area contributed by atoms with Crippen molar-refractivity contribution in [2.24, 2.45) is 0 Å². The van der Waals surface area contributed by atoms with Crippen molar-refractivity contribution in [3.8, 4) is 0 Å². The van der Waals surface area contributed by atoms with Gasteiger partial charge in [0.15, 0.2) is 0 Å². The molecule has 0 amide bonds. The molecule has 0 rings (SSSR count). The molecule has 0 saturated heterocycles. The number of unbranched alkanes of at least 4 members (excludes halogenated alkanes) is 5. The van der Waals surface area contributed by atoms with Gasteiger partial charge in [0.05, 0.1) is 10.1 Å². The smallest absolute Gasteiger partial charge is 0.748 e. The van der Waals surface area contributed by atoms with E-state index in [4.69, 9.17) is 9.90 Å². The quantitative estimate of drug-likeness (QED) is 0.266. The average Bonchev–Trinajstić information content (AvgIpc) is 2.08. The van der Waals surface area contributed by atoms with Crippen LogP contribution in [0.25, 0.3) is 0 Å². The Labute approximate surface area is 154 Å². The summed E-state index contributed by atoms with van der Waals surface area (Å²) in [5.41, 5.74) is 0. The van der Waals surface area contributed by atoms with Crippen LogP contribution in [-0.4, -0.2) is 24.7 Å². The van der Waals surface area contributed by atoms with Crippen LogP contribution in [0.5, 0.6) is 0 Å². The van der Waals surface area contributed by atoms with Gasteiger partial charge in [0.25, 0.3) is 0 Å². The van der Waals surface area contributed by atoms with Gasteiger partial charge in [0.2, 0.25) is 0 Å². The van der Waals surface area contributed by atoms with E-state index in [1.807, 2.05) is 0 Å². The van der Waals surface area contributed by atoms with Crippen LogP contribution in [0.1, 0.15) is 52.4 Å². The Morgan fingerprint density at radius 1 is 1.00 bits per heavy atom. The molecule has 0 bridgehead atoms. The molecular weight excluding hydrogens is 278 g/mol. The summed E-state index contributed by atoms with van der Waals surface area (Å²) >= 11 is 0. The number of carbonyl (C=O) groups excluding carboxylic acids is 1. The van der Waals surface area contributed by atoms with E-state index < -0.39 is 16.1 Å². The van der Waals surface area contributed by atoms with Crippen molar-refractivity contribution in [3.63, 3.8) is 0 Å². The van der Waals surface area contributed by atoms with Crippen LogP contribution < -0.4 is 64.2 Å². The normalized spacial score (nSPS) is 9.28. The van der Waals surface area contributed by atoms with E-state index in [0.717, 1.165) is 26.2 Å². The van der Waals surface area contributed by atoms with Gasteiger partial charge in [-0.2, -0.15) is 0 Å². The van der Waals surface area contributed by atoms with E-state index in [9.17, 15) is 13.0 Å². The van der Waals surface area contributed by atoms with Gasteiger partial charge in [-0.3, -0.25) is 0 Å². The third kappa shape index (κ3) is 43.3. The van der Waals surface area contributed by atoms with E-state index in [0.29, 0.717) is 6.42 Å². The van der Waals surface area contributed by atoms with Crippen LogP contribution in [0.15, 0.2) is 0 Å². The van der Waals surface area contributed by atoms with Crippen molar-refractivity contribution in [1.82, 2.24) is 0 Å².